The summed E-state index contributed by atoms with van der Waals surface area (Å²) in [6.07, 6.45) is 16.3. The Kier molecular flexibility index (Phi) is 11.9. The maximum Gasteiger partial charge on any atom is 0.225 e. The number of hydrogen-bond donors (Lipinski definition) is 0. The Bertz CT molecular complexity index is 751. The van der Waals surface area contributed by atoms with Gasteiger partial charge < -0.3 is 14.5 Å². The van der Waals surface area contributed by atoms with Crippen molar-refractivity contribution in [3.05, 3.63) is 29.8 Å². The monoisotopic (exact) mass is 484 g/mol. The van der Waals surface area contributed by atoms with Crippen molar-refractivity contribution >= 4 is 11.8 Å². The number of likely N-dealkylation sites (tertiary alicyclic amines) is 1. The average molecular weight is 485 g/mol. The Morgan fingerprint density at radius 1 is 0.886 bits per heavy atom. The molecule has 1 aliphatic heterocycles. The fourth-order valence-electron chi connectivity index (χ4n) is 5.19. The van der Waals surface area contributed by atoms with Crippen molar-refractivity contribution in [3.8, 4) is 5.75 Å². The summed E-state index contributed by atoms with van der Waals surface area (Å²) in [5.41, 5.74) is 1.15. The van der Waals surface area contributed by atoms with E-state index in [0.717, 1.165) is 63.1 Å². The van der Waals surface area contributed by atoms with Gasteiger partial charge in [-0.2, -0.15) is 0 Å². The molecule has 0 unspecified atom stereocenters. The molecule has 0 aromatic heterocycles. The molecule has 1 saturated heterocycles. The standard InChI is InChI=1S/C30H48N2O3/c1-3-4-5-6-7-8-9-10-11-12-29(33)31-21-19-26(20-22-31)24-32(30(34)27-15-16-27)23-25-13-17-28(35-2)18-14-25/h13-14,17-18,26-27H,3-12,15-16,19-24H2,1-2H3. The van der Waals surface area contributed by atoms with Gasteiger partial charge in [0.1, 0.15) is 5.75 Å². The minimum Gasteiger partial charge on any atom is -0.497 e. The molecule has 35 heavy (non-hydrogen) atoms. The Labute approximate surface area is 213 Å². The van der Waals surface area contributed by atoms with Gasteiger partial charge in [0.05, 0.1) is 7.11 Å². The molecule has 2 aliphatic rings. The van der Waals surface area contributed by atoms with Crippen molar-refractivity contribution in [1.82, 2.24) is 9.80 Å². The van der Waals surface area contributed by atoms with Gasteiger partial charge in [-0.25, -0.2) is 0 Å². The molecule has 5 nitrogen and oxygen atoms in total. The zero-order valence-electron chi connectivity index (χ0n) is 22.3. The van der Waals surface area contributed by atoms with Crippen molar-refractivity contribution in [3.63, 3.8) is 0 Å². The zero-order chi connectivity index (χ0) is 24.9. The topological polar surface area (TPSA) is 49.9 Å². The number of rotatable bonds is 16. The molecule has 0 spiro atoms. The van der Waals surface area contributed by atoms with E-state index < -0.39 is 0 Å². The number of piperidine rings is 1. The fourth-order valence-corrected chi connectivity index (χ4v) is 5.19. The van der Waals surface area contributed by atoms with Crippen LogP contribution in [-0.4, -0.2) is 48.4 Å². The average Bonchev–Trinajstić information content (AvgIpc) is 3.73. The highest BCUT2D eigenvalue weighted by atomic mass is 16.5. The largest absolute Gasteiger partial charge is 0.497 e. The SMILES string of the molecule is CCCCCCCCCCCC(=O)N1CCC(CN(Cc2ccc(OC)cc2)C(=O)C2CC2)CC1. The third kappa shape index (κ3) is 9.85. The summed E-state index contributed by atoms with van der Waals surface area (Å²) in [6.45, 7) is 5.41. The molecule has 1 aromatic rings. The van der Waals surface area contributed by atoms with Crippen LogP contribution in [0.5, 0.6) is 5.75 Å². The first-order valence-electron chi connectivity index (χ1n) is 14.3. The molecule has 5 heteroatoms. The highest BCUT2D eigenvalue weighted by molar-refractivity contribution is 5.81. The van der Waals surface area contributed by atoms with Gasteiger partial charge in [0.25, 0.3) is 0 Å². The van der Waals surface area contributed by atoms with Crippen LogP contribution in [0, 0.1) is 11.8 Å². The lowest BCUT2D eigenvalue weighted by Crippen LogP contribution is -2.43. The molecule has 2 amide bonds. The molecule has 0 radical (unpaired) electrons. The molecule has 0 atom stereocenters. The highest BCUT2D eigenvalue weighted by Gasteiger charge is 2.35. The van der Waals surface area contributed by atoms with Crippen LogP contribution in [0.25, 0.3) is 0 Å². The smallest absolute Gasteiger partial charge is 0.225 e. The summed E-state index contributed by atoms with van der Waals surface area (Å²) in [4.78, 5) is 29.8. The number of carbonyl (C=O) groups excluding carboxylic acids is 2. The van der Waals surface area contributed by atoms with Gasteiger partial charge in [-0.15, -0.1) is 0 Å². The number of methoxy groups -OCH3 is 1. The summed E-state index contributed by atoms with van der Waals surface area (Å²) in [5.74, 6) is 2.19. The van der Waals surface area contributed by atoms with Crippen molar-refractivity contribution in [2.75, 3.05) is 26.7 Å². The van der Waals surface area contributed by atoms with E-state index >= 15 is 0 Å². The molecule has 1 saturated carbocycles. The normalized spacial score (nSPS) is 16.3. The number of carbonyl (C=O) groups is 2. The maximum absolute atomic E-state index is 13.0. The van der Waals surface area contributed by atoms with Gasteiger partial charge in [-0.05, 0) is 55.7 Å². The molecular weight excluding hydrogens is 436 g/mol. The maximum atomic E-state index is 13.0. The van der Waals surface area contributed by atoms with Crippen LogP contribution in [0.1, 0.15) is 102 Å². The first-order chi connectivity index (χ1) is 17.1. The van der Waals surface area contributed by atoms with Gasteiger partial charge in [0, 0.05) is 38.5 Å². The summed E-state index contributed by atoms with van der Waals surface area (Å²) >= 11 is 0. The molecule has 1 aliphatic carbocycles. The van der Waals surface area contributed by atoms with Crippen LogP contribution < -0.4 is 4.74 Å². The van der Waals surface area contributed by atoms with E-state index in [-0.39, 0.29) is 5.92 Å². The number of amides is 2. The fraction of sp³-hybridized carbons (Fsp3) is 0.733. The number of nitrogens with zero attached hydrogens (tertiary/aromatic N) is 2. The van der Waals surface area contributed by atoms with Crippen molar-refractivity contribution in [1.29, 1.82) is 0 Å². The Morgan fingerprint density at radius 2 is 1.49 bits per heavy atom. The van der Waals surface area contributed by atoms with Gasteiger partial charge in [-0.3, -0.25) is 9.59 Å². The van der Waals surface area contributed by atoms with Crippen LogP contribution in [0.3, 0.4) is 0 Å². The lowest BCUT2D eigenvalue weighted by molar-refractivity contribution is -0.136. The van der Waals surface area contributed by atoms with E-state index in [9.17, 15) is 9.59 Å². The third-order valence-electron chi connectivity index (χ3n) is 7.71. The van der Waals surface area contributed by atoms with Crippen LogP contribution in [-0.2, 0) is 16.1 Å². The summed E-state index contributed by atoms with van der Waals surface area (Å²) in [6, 6.07) is 8.04. The van der Waals surface area contributed by atoms with Crippen molar-refractivity contribution in [2.24, 2.45) is 11.8 Å². The zero-order valence-corrected chi connectivity index (χ0v) is 22.3. The Morgan fingerprint density at radius 3 is 2.06 bits per heavy atom. The van der Waals surface area contributed by atoms with E-state index in [2.05, 4.69) is 28.9 Å². The summed E-state index contributed by atoms with van der Waals surface area (Å²) in [5, 5.41) is 0. The lowest BCUT2D eigenvalue weighted by atomic mass is 9.95. The molecule has 0 N–H and O–H groups in total. The van der Waals surface area contributed by atoms with Crippen LogP contribution >= 0.6 is 0 Å². The van der Waals surface area contributed by atoms with Gasteiger partial charge >= 0.3 is 0 Å². The summed E-state index contributed by atoms with van der Waals surface area (Å²) < 4.78 is 5.27. The molecular formula is C30H48N2O3. The lowest BCUT2D eigenvalue weighted by Gasteiger charge is -2.35. The van der Waals surface area contributed by atoms with Crippen molar-refractivity contribution < 1.29 is 14.3 Å². The van der Waals surface area contributed by atoms with E-state index in [4.69, 9.17) is 4.74 Å². The van der Waals surface area contributed by atoms with Crippen LogP contribution in [0.4, 0.5) is 0 Å². The quantitative estimate of drug-likeness (QED) is 0.249. The molecule has 1 heterocycles. The number of ether oxygens (including phenoxy) is 1. The number of unbranched alkanes of at least 4 members (excludes halogenated alkanes) is 8. The second-order valence-corrected chi connectivity index (χ2v) is 10.7. The predicted molar refractivity (Wildman–Crippen MR) is 142 cm³/mol. The van der Waals surface area contributed by atoms with Crippen LogP contribution in [0.15, 0.2) is 24.3 Å². The summed E-state index contributed by atoms with van der Waals surface area (Å²) in [7, 11) is 1.67. The van der Waals surface area contributed by atoms with Crippen LogP contribution in [0.2, 0.25) is 0 Å². The van der Waals surface area contributed by atoms with Gasteiger partial charge in [0.15, 0.2) is 0 Å². The Balaban J connectivity index is 1.34. The molecule has 1 aromatic carbocycles. The number of benzene rings is 1. The van der Waals surface area contributed by atoms with E-state index in [1.807, 2.05) is 12.1 Å². The molecule has 2 fully saturated rings. The second kappa shape index (κ2) is 15.2. The molecule has 0 bridgehead atoms. The minimum absolute atomic E-state index is 0.228. The second-order valence-electron chi connectivity index (χ2n) is 10.7. The highest BCUT2D eigenvalue weighted by Crippen LogP contribution is 2.32. The van der Waals surface area contributed by atoms with E-state index in [1.165, 1.54) is 51.4 Å². The van der Waals surface area contributed by atoms with E-state index in [1.54, 1.807) is 7.11 Å². The molecule has 196 valence electrons. The van der Waals surface area contributed by atoms with E-state index in [0.29, 0.717) is 30.7 Å². The van der Waals surface area contributed by atoms with Gasteiger partial charge in [0.2, 0.25) is 11.8 Å². The number of hydrogen-bond acceptors (Lipinski definition) is 3. The third-order valence-corrected chi connectivity index (χ3v) is 7.71. The minimum atomic E-state index is 0.228. The van der Waals surface area contributed by atoms with Gasteiger partial charge in [-0.1, -0.05) is 70.4 Å². The van der Waals surface area contributed by atoms with Crippen molar-refractivity contribution in [2.45, 2.75) is 103 Å². The first-order valence-corrected chi connectivity index (χ1v) is 14.3. The predicted octanol–water partition coefficient (Wildman–Crippen LogP) is 6.59. The Hall–Kier alpha value is -2.04. The molecule has 3 rings (SSSR count). The first kappa shape index (κ1) is 27.5.